The Morgan fingerprint density at radius 3 is 2.54 bits per heavy atom. The molecule has 3 rings (SSSR count). The lowest BCUT2D eigenvalue weighted by molar-refractivity contribution is -0.132. The Balaban J connectivity index is 1.55. The topological polar surface area (TPSA) is 67.9 Å². The van der Waals surface area contributed by atoms with Crippen molar-refractivity contribution in [1.29, 1.82) is 0 Å². The molecule has 1 aliphatic rings. The third kappa shape index (κ3) is 4.44. The highest BCUT2D eigenvalue weighted by Gasteiger charge is 2.29. The molecular weight excluding hydrogens is 356 g/mol. The third-order valence-electron chi connectivity index (χ3n) is 5.05. The molecule has 6 heteroatoms. The first-order chi connectivity index (χ1) is 13.6. The van der Waals surface area contributed by atoms with Crippen molar-refractivity contribution in [1.82, 2.24) is 10.2 Å². The van der Waals surface area contributed by atoms with E-state index in [2.05, 4.69) is 5.32 Å². The SMILES string of the molecule is COc1ccc(C2CCCN2C(=O)CCNC(=O)c2ccccc2OC)cc1. The summed E-state index contributed by atoms with van der Waals surface area (Å²) < 4.78 is 10.4. The number of nitrogens with zero attached hydrogens (tertiary/aromatic N) is 1. The van der Waals surface area contributed by atoms with Gasteiger partial charge < -0.3 is 19.7 Å². The zero-order valence-corrected chi connectivity index (χ0v) is 16.3. The standard InChI is InChI=1S/C22H26N2O4/c1-27-17-11-9-16(10-12-17)19-7-5-15-24(19)21(25)13-14-23-22(26)18-6-3-4-8-20(18)28-2/h3-4,6,8-12,19H,5,7,13-15H2,1-2H3,(H,23,26). The van der Waals surface area contributed by atoms with E-state index in [9.17, 15) is 9.59 Å². The van der Waals surface area contributed by atoms with Crippen molar-refractivity contribution in [3.05, 3.63) is 59.7 Å². The lowest BCUT2D eigenvalue weighted by atomic mass is 10.0. The molecule has 28 heavy (non-hydrogen) atoms. The van der Waals surface area contributed by atoms with Crippen LogP contribution in [0.5, 0.6) is 11.5 Å². The van der Waals surface area contributed by atoms with Crippen LogP contribution in [0.4, 0.5) is 0 Å². The number of carbonyl (C=O) groups excluding carboxylic acids is 2. The predicted octanol–water partition coefficient (Wildman–Crippen LogP) is 3.19. The van der Waals surface area contributed by atoms with Gasteiger partial charge in [0.25, 0.3) is 5.91 Å². The number of hydrogen-bond acceptors (Lipinski definition) is 4. The average molecular weight is 382 g/mol. The normalized spacial score (nSPS) is 15.9. The minimum absolute atomic E-state index is 0.0543. The van der Waals surface area contributed by atoms with Gasteiger partial charge in [0.1, 0.15) is 11.5 Å². The van der Waals surface area contributed by atoms with Crippen molar-refractivity contribution in [2.75, 3.05) is 27.3 Å². The number of hydrogen-bond donors (Lipinski definition) is 1. The van der Waals surface area contributed by atoms with Gasteiger partial charge in [-0.25, -0.2) is 0 Å². The smallest absolute Gasteiger partial charge is 0.255 e. The maximum atomic E-state index is 12.7. The summed E-state index contributed by atoms with van der Waals surface area (Å²) in [6.07, 6.45) is 2.20. The Morgan fingerprint density at radius 1 is 1.07 bits per heavy atom. The number of carbonyl (C=O) groups is 2. The summed E-state index contributed by atoms with van der Waals surface area (Å²) in [5, 5.41) is 2.81. The van der Waals surface area contributed by atoms with Crippen LogP contribution >= 0.6 is 0 Å². The van der Waals surface area contributed by atoms with Gasteiger partial charge in [-0.2, -0.15) is 0 Å². The highest BCUT2D eigenvalue weighted by Crippen LogP contribution is 2.33. The van der Waals surface area contributed by atoms with Crippen LogP contribution in [0.15, 0.2) is 48.5 Å². The van der Waals surface area contributed by atoms with E-state index in [1.165, 1.54) is 7.11 Å². The quantitative estimate of drug-likeness (QED) is 0.799. The molecule has 1 unspecified atom stereocenters. The van der Waals surface area contributed by atoms with Crippen LogP contribution < -0.4 is 14.8 Å². The van der Waals surface area contributed by atoms with Gasteiger partial charge in [-0.3, -0.25) is 9.59 Å². The van der Waals surface area contributed by atoms with Crippen LogP contribution in [0.25, 0.3) is 0 Å². The number of amides is 2. The fourth-order valence-corrected chi connectivity index (χ4v) is 3.59. The Hall–Kier alpha value is -3.02. The lowest BCUT2D eigenvalue weighted by Crippen LogP contribution is -2.34. The zero-order chi connectivity index (χ0) is 19.9. The van der Waals surface area contributed by atoms with Gasteiger partial charge in [-0.1, -0.05) is 24.3 Å². The molecule has 0 saturated carbocycles. The van der Waals surface area contributed by atoms with E-state index in [-0.39, 0.29) is 24.3 Å². The first-order valence-corrected chi connectivity index (χ1v) is 9.48. The van der Waals surface area contributed by atoms with Crippen molar-refractivity contribution in [2.45, 2.75) is 25.3 Å². The Kier molecular flexibility index (Phi) is 6.53. The monoisotopic (exact) mass is 382 g/mol. The summed E-state index contributed by atoms with van der Waals surface area (Å²) in [6.45, 7) is 1.04. The molecule has 148 valence electrons. The molecule has 1 N–H and O–H groups in total. The molecule has 1 heterocycles. The Labute approximate surface area is 165 Å². The molecular formula is C22H26N2O4. The summed E-state index contributed by atoms with van der Waals surface area (Å²) in [5.41, 5.74) is 1.58. The van der Waals surface area contributed by atoms with Crippen LogP contribution in [-0.4, -0.2) is 44.0 Å². The molecule has 2 amide bonds. The molecule has 0 bridgehead atoms. The minimum Gasteiger partial charge on any atom is -0.497 e. The Morgan fingerprint density at radius 2 is 1.82 bits per heavy atom. The van der Waals surface area contributed by atoms with Crippen LogP contribution in [0.2, 0.25) is 0 Å². The third-order valence-corrected chi connectivity index (χ3v) is 5.05. The number of benzene rings is 2. The largest absolute Gasteiger partial charge is 0.497 e. The van der Waals surface area contributed by atoms with Crippen LogP contribution in [-0.2, 0) is 4.79 Å². The van der Waals surface area contributed by atoms with Crippen molar-refractivity contribution < 1.29 is 19.1 Å². The van der Waals surface area contributed by atoms with Gasteiger partial charge in [-0.15, -0.1) is 0 Å². The first kappa shape index (κ1) is 19.7. The van der Waals surface area contributed by atoms with E-state index < -0.39 is 0 Å². The summed E-state index contributed by atoms with van der Waals surface area (Å²) >= 11 is 0. The van der Waals surface area contributed by atoms with Crippen molar-refractivity contribution in [2.24, 2.45) is 0 Å². The second-order valence-electron chi connectivity index (χ2n) is 6.72. The molecule has 6 nitrogen and oxygen atoms in total. The van der Waals surface area contributed by atoms with E-state index in [0.717, 1.165) is 30.7 Å². The van der Waals surface area contributed by atoms with E-state index in [0.29, 0.717) is 17.9 Å². The molecule has 2 aromatic rings. The summed E-state index contributed by atoms with van der Waals surface area (Å²) in [4.78, 5) is 27.0. The second-order valence-corrected chi connectivity index (χ2v) is 6.72. The molecule has 1 atom stereocenters. The first-order valence-electron chi connectivity index (χ1n) is 9.48. The number of para-hydroxylation sites is 1. The minimum atomic E-state index is -0.238. The summed E-state index contributed by atoms with van der Waals surface area (Å²) in [7, 11) is 3.17. The fourth-order valence-electron chi connectivity index (χ4n) is 3.59. The van der Waals surface area contributed by atoms with Crippen LogP contribution in [0.3, 0.4) is 0 Å². The van der Waals surface area contributed by atoms with Gasteiger partial charge in [0.2, 0.25) is 5.91 Å². The molecule has 0 spiro atoms. The van der Waals surface area contributed by atoms with Gasteiger partial charge in [0, 0.05) is 19.5 Å². The zero-order valence-electron chi connectivity index (χ0n) is 16.3. The molecule has 2 aromatic carbocycles. The lowest BCUT2D eigenvalue weighted by Gasteiger charge is -2.25. The van der Waals surface area contributed by atoms with Gasteiger partial charge in [0.05, 0.1) is 25.8 Å². The molecule has 0 aromatic heterocycles. The average Bonchev–Trinajstić information content (AvgIpc) is 3.23. The number of ether oxygens (including phenoxy) is 2. The molecule has 1 saturated heterocycles. The van der Waals surface area contributed by atoms with Crippen molar-refractivity contribution >= 4 is 11.8 Å². The summed E-state index contributed by atoms with van der Waals surface area (Å²) in [5.74, 6) is 1.14. The molecule has 1 aliphatic heterocycles. The maximum absolute atomic E-state index is 12.7. The van der Waals surface area contributed by atoms with Crippen molar-refractivity contribution in [3.8, 4) is 11.5 Å². The van der Waals surface area contributed by atoms with E-state index in [1.807, 2.05) is 35.2 Å². The highest BCUT2D eigenvalue weighted by atomic mass is 16.5. The van der Waals surface area contributed by atoms with E-state index in [1.54, 1.807) is 25.3 Å². The van der Waals surface area contributed by atoms with Crippen molar-refractivity contribution in [3.63, 3.8) is 0 Å². The maximum Gasteiger partial charge on any atom is 0.255 e. The molecule has 0 radical (unpaired) electrons. The second kappa shape index (κ2) is 9.26. The van der Waals surface area contributed by atoms with Gasteiger partial charge in [0.15, 0.2) is 0 Å². The molecule has 1 fully saturated rings. The number of likely N-dealkylation sites (tertiary alicyclic amines) is 1. The van der Waals surface area contributed by atoms with E-state index in [4.69, 9.17) is 9.47 Å². The van der Waals surface area contributed by atoms with Gasteiger partial charge >= 0.3 is 0 Å². The predicted molar refractivity (Wildman–Crippen MR) is 107 cm³/mol. The van der Waals surface area contributed by atoms with E-state index >= 15 is 0 Å². The van der Waals surface area contributed by atoms with Crippen LogP contribution in [0.1, 0.15) is 41.2 Å². The molecule has 0 aliphatic carbocycles. The number of methoxy groups -OCH3 is 2. The Bertz CT molecular complexity index is 820. The number of nitrogens with one attached hydrogen (secondary N) is 1. The van der Waals surface area contributed by atoms with Crippen LogP contribution in [0, 0.1) is 0 Å². The summed E-state index contributed by atoms with van der Waals surface area (Å²) in [6, 6.07) is 15.0. The highest BCUT2D eigenvalue weighted by molar-refractivity contribution is 5.97. The fraction of sp³-hybridized carbons (Fsp3) is 0.364. The number of rotatable bonds is 7. The van der Waals surface area contributed by atoms with Gasteiger partial charge in [-0.05, 0) is 42.7 Å².